The monoisotopic (exact) mass is 367 g/mol. The van der Waals surface area contributed by atoms with Gasteiger partial charge in [-0.05, 0) is 44.5 Å². The second-order valence-electron chi connectivity index (χ2n) is 6.46. The standard InChI is InChI=1S/C19H21N5OS/c1-13-21-18(12-26-13)14-4-6-15(7-5-14)22-19(25)17-8-10-24(23-17)16-3-2-9-20-11-16/h4-8,10,12,16,20H,2-3,9,11H2,1H3,(H,22,25). The minimum absolute atomic E-state index is 0.190. The lowest BCUT2D eigenvalue weighted by Gasteiger charge is -2.22. The summed E-state index contributed by atoms with van der Waals surface area (Å²) in [4.78, 5) is 16.9. The van der Waals surface area contributed by atoms with Crippen LogP contribution in [0.25, 0.3) is 11.3 Å². The maximum atomic E-state index is 12.5. The van der Waals surface area contributed by atoms with Crippen molar-refractivity contribution in [2.75, 3.05) is 18.4 Å². The van der Waals surface area contributed by atoms with E-state index < -0.39 is 0 Å². The number of aryl methyl sites for hydroxylation is 1. The second kappa shape index (κ2) is 7.39. The minimum Gasteiger partial charge on any atom is -0.321 e. The predicted molar refractivity (Wildman–Crippen MR) is 104 cm³/mol. The van der Waals surface area contributed by atoms with Crippen molar-refractivity contribution in [2.45, 2.75) is 25.8 Å². The number of carbonyl (C=O) groups excluding carboxylic acids is 1. The van der Waals surface area contributed by atoms with Crippen LogP contribution in [0.4, 0.5) is 5.69 Å². The van der Waals surface area contributed by atoms with Crippen LogP contribution in [0, 0.1) is 6.92 Å². The Morgan fingerprint density at radius 2 is 2.15 bits per heavy atom. The number of anilines is 1. The number of thiazole rings is 1. The molecule has 0 spiro atoms. The van der Waals surface area contributed by atoms with E-state index >= 15 is 0 Å². The Labute approximate surface area is 156 Å². The smallest absolute Gasteiger partial charge is 0.276 e. The molecule has 1 aliphatic rings. The fourth-order valence-electron chi connectivity index (χ4n) is 3.14. The van der Waals surface area contributed by atoms with Crippen molar-refractivity contribution in [1.29, 1.82) is 0 Å². The molecule has 3 aromatic rings. The van der Waals surface area contributed by atoms with E-state index in [0.717, 1.165) is 47.9 Å². The average Bonchev–Trinajstić information content (AvgIpc) is 3.32. The molecule has 26 heavy (non-hydrogen) atoms. The molecular weight excluding hydrogens is 346 g/mol. The lowest BCUT2D eigenvalue weighted by molar-refractivity contribution is 0.102. The van der Waals surface area contributed by atoms with Gasteiger partial charge in [-0.2, -0.15) is 5.10 Å². The fraction of sp³-hybridized carbons (Fsp3) is 0.316. The van der Waals surface area contributed by atoms with Crippen LogP contribution >= 0.6 is 11.3 Å². The maximum Gasteiger partial charge on any atom is 0.276 e. The largest absolute Gasteiger partial charge is 0.321 e. The van der Waals surface area contributed by atoms with Crippen molar-refractivity contribution in [3.8, 4) is 11.3 Å². The Balaban J connectivity index is 1.42. The molecule has 134 valence electrons. The van der Waals surface area contributed by atoms with Crippen LogP contribution in [-0.4, -0.2) is 33.8 Å². The number of piperidine rings is 1. The Bertz CT molecular complexity index is 893. The van der Waals surface area contributed by atoms with Crippen molar-refractivity contribution in [3.05, 3.63) is 52.6 Å². The first-order valence-electron chi connectivity index (χ1n) is 8.79. The highest BCUT2D eigenvalue weighted by molar-refractivity contribution is 7.09. The highest BCUT2D eigenvalue weighted by Crippen LogP contribution is 2.23. The van der Waals surface area contributed by atoms with Gasteiger partial charge in [0, 0.05) is 29.4 Å². The lowest BCUT2D eigenvalue weighted by Crippen LogP contribution is -2.32. The first kappa shape index (κ1) is 16.9. The SMILES string of the molecule is Cc1nc(-c2ccc(NC(=O)c3ccn(C4CCCNC4)n3)cc2)cs1. The molecule has 0 aliphatic carbocycles. The predicted octanol–water partition coefficient (Wildman–Crippen LogP) is 3.49. The number of hydrogen-bond acceptors (Lipinski definition) is 5. The van der Waals surface area contributed by atoms with E-state index in [0.29, 0.717) is 11.7 Å². The summed E-state index contributed by atoms with van der Waals surface area (Å²) in [6.45, 7) is 3.95. The Morgan fingerprint density at radius 3 is 2.85 bits per heavy atom. The van der Waals surface area contributed by atoms with Gasteiger partial charge in [0.15, 0.2) is 5.69 Å². The van der Waals surface area contributed by atoms with Crippen molar-refractivity contribution in [1.82, 2.24) is 20.1 Å². The molecule has 6 nitrogen and oxygen atoms in total. The maximum absolute atomic E-state index is 12.5. The number of rotatable bonds is 4. The highest BCUT2D eigenvalue weighted by atomic mass is 32.1. The summed E-state index contributed by atoms with van der Waals surface area (Å²) in [5, 5.41) is 13.8. The highest BCUT2D eigenvalue weighted by Gasteiger charge is 2.17. The number of benzene rings is 1. The van der Waals surface area contributed by atoms with Crippen LogP contribution in [0.5, 0.6) is 0 Å². The zero-order valence-electron chi connectivity index (χ0n) is 14.6. The van der Waals surface area contributed by atoms with Gasteiger partial charge in [0.25, 0.3) is 5.91 Å². The van der Waals surface area contributed by atoms with Crippen LogP contribution in [0.1, 0.15) is 34.4 Å². The summed E-state index contributed by atoms with van der Waals surface area (Å²) in [6.07, 6.45) is 4.12. The summed E-state index contributed by atoms with van der Waals surface area (Å²) in [5.74, 6) is -0.190. The van der Waals surface area contributed by atoms with Gasteiger partial charge in [0.05, 0.1) is 16.7 Å². The van der Waals surface area contributed by atoms with E-state index in [-0.39, 0.29) is 5.91 Å². The molecule has 2 N–H and O–H groups in total. The molecule has 1 aliphatic heterocycles. The van der Waals surface area contributed by atoms with Gasteiger partial charge in [0.1, 0.15) is 0 Å². The van der Waals surface area contributed by atoms with Gasteiger partial charge in [-0.1, -0.05) is 12.1 Å². The molecule has 1 aromatic carbocycles. The number of nitrogens with zero attached hydrogens (tertiary/aromatic N) is 3. The van der Waals surface area contributed by atoms with Crippen molar-refractivity contribution in [3.63, 3.8) is 0 Å². The lowest BCUT2D eigenvalue weighted by atomic mass is 10.1. The average molecular weight is 367 g/mol. The third-order valence-electron chi connectivity index (χ3n) is 4.54. The summed E-state index contributed by atoms with van der Waals surface area (Å²) >= 11 is 1.63. The summed E-state index contributed by atoms with van der Waals surface area (Å²) in [5.41, 5.74) is 3.20. The molecule has 3 heterocycles. The number of aromatic nitrogens is 3. The molecule has 1 saturated heterocycles. The molecule has 4 rings (SSSR count). The number of hydrogen-bond donors (Lipinski definition) is 2. The van der Waals surface area contributed by atoms with Crippen molar-refractivity contribution in [2.24, 2.45) is 0 Å². The van der Waals surface area contributed by atoms with Gasteiger partial charge in [0.2, 0.25) is 0 Å². The van der Waals surface area contributed by atoms with Gasteiger partial charge in [-0.25, -0.2) is 4.98 Å². The van der Waals surface area contributed by atoms with E-state index in [9.17, 15) is 4.79 Å². The molecular formula is C19H21N5OS. The van der Waals surface area contributed by atoms with Crippen LogP contribution < -0.4 is 10.6 Å². The normalized spacial score (nSPS) is 17.2. The molecule has 1 amide bonds. The van der Waals surface area contributed by atoms with E-state index in [2.05, 4.69) is 20.7 Å². The van der Waals surface area contributed by atoms with Crippen LogP contribution in [0.3, 0.4) is 0 Å². The molecule has 0 bridgehead atoms. The number of amides is 1. The third-order valence-corrected chi connectivity index (χ3v) is 5.32. The molecule has 2 aromatic heterocycles. The van der Waals surface area contributed by atoms with Crippen molar-refractivity contribution >= 4 is 22.9 Å². The van der Waals surface area contributed by atoms with Crippen LogP contribution in [0.15, 0.2) is 41.9 Å². The topological polar surface area (TPSA) is 71.8 Å². The summed E-state index contributed by atoms with van der Waals surface area (Å²) in [6, 6.07) is 9.82. The summed E-state index contributed by atoms with van der Waals surface area (Å²) in [7, 11) is 0. The van der Waals surface area contributed by atoms with Gasteiger partial charge in [-0.15, -0.1) is 11.3 Å². The quantitative estimate of drug-likeness (QED) is 0.740. The summed E-state index contributed by atoms with van der Waals surface area (Å²) < 4.78 is 1.90. The zero-order chi connectivity index (χ0) is 17.9. The van der Waals surface area contributed by atoms with Gasteiger partial charge >= 0.3 is 0 Å². The molecule has 1 atom stereocenters. The second-order valence-corrected chi connectivity index (χ2v) is 7.53. The van der Waals surface area contributed by atoms with E-state index in [1.54, 1.807) is 17.4 Å². The first-order chi connectivity index (χ1) is 12.7. The molecule has 1 unspecified atom stereocenters. The first-order valence-corrected chi connectivity index (χ1v) is 9.67. The van der Waals surface area contributed by atoms with Crippen molar-refractivity contribution < 1.29 is 4.79 Å². The Hall–Kier alpha value is -2.51. The van der Waals surface area contributed by atoms with E-state index in [1.165, 1.54) is 0 Å². The minimum atomic E-state index is -0.190. The number of nitrogens with one attached hydrogen (secondary N) is 2. The van der Waals surface area contributed by atoms with E-state index in [4.69, 9.17) is 0 Å². The Morgan fingerprint density at radius 1 is 1.31 bits per heavy atom. The van der Waals surface area contributed by atoms with Crippen LogP contribution in [0.2, 0.25) is 0 Å². The van der Waals surface area contributed by atoms with Gasteiger partial charge in [-0.3, -0.25) is 9.48 Å². The molecule has 1 fully saturated rings. The molecule has 7 heteroatoms. The Kier molecular flexibility index (Phi) is 4.81. The molecule has 0 radical (unpaired) electrons. The van der Waals surface area contributed by atoms with Gasteiger partial charge < -0.3 is 10.6 Å². The van der Waals surface area contributed by atoms with Crippen LogP contribution in [-0.2, 0) is 0 Å². The zero-order valence-corrected chi connectivity index (χ0v) is 15.4. The number of carbonyl (C=O) groups is 1. The fourth-order valence-corrected chi connectivity index (χ4v) is 3.76. The molecule has 0 saturated carbocycles. The van der Waals surface area contributed by atoms with E-state index in [1.807, 2.05) is 47.4 Å². The third kappa shape index (κ3) is 3.68.